The maximum atomic E-state index is 11.2. The molecule has 0 bridgehead atoms. The number of nitriles is 1. The number of carbonyl (C=O) groups is 1. The lowest BCUT2D eigenvalue weighted by Gasteiger charge is -2.06. The number of benzene rings is 1. The summed E-state index contributed by atoms with van der Waals surface area (Å²) in [4.78, 5) is 11.2. The Morgan fingerprint density at radius 2 is 2.36 bits per heavy atom. The van der Waals surface area contributed by atoms with Gasteiger partial charge in [-0.15, -0.1) is 0 Å². The van der Waals surface area contributed by atoms with Crippen LogP contribution in [0.15, 0.2) is 22.7 Å². The molecule has 1 aromatic carbocycles. The van der Waals surface area contributed by atoms with Crippen LogP contribution in [0.4, 0.5) is 0 Å². The normalized spacial score (nSPS) is 9.21. The monoisotopic (exact) mass is 253 g/mol. The fourth-order valence-electron chi connectivity index (χ4n) is 1.02. The van der Waals surface area contributed by atoms with Gasteiger partial charge in [0.2, 0.25) is 0 Å². The van der Waals surface area contributed by atoms with Gasteiger partial charge in [0.1, 0.15) is 11.8 Å². The second-order valence-corrected chi connectivity index (χ2v) is 3.56. The first-order valence-electron chi connectivity index (χ1n) is 3.95. The molecule has 4 heteroatoms. The van der Waals surface area contributed by atoms with Gasteiger partial charge < -0.3 is 4.74 Å². The molecule has 1 rings (SSSR count). The lowest BCUT2D eigenvalue weighted by atomic mass is 10.1. The molecular weight excluding hydrogens is 246 g/mol. The van der Waals surface area contributed by atoms with Crippen molar-refractivity contribution in [3.8, 4) is 11.8 Å². The summed E-state index contributed by atoms with van der Waals surface area (Å²) in [5.74, 6) is 0.360. The summed E-state index contributed by atoms with van der Waals surface area (Å²) >= 11 is 3.26. The highest BCUT2D eigenvalue weighted by Crippen LogP contribution is 2.24. The summed E-state index contributed by atoms with van der Waals surface area (Å²) in [5, 5.41) is 8.35. The molecule has 72 valence electrons. The topological polar surface area (TPSA) is 50.1 Å². The molecule has 0 heterocycles. The van der Waals surface area contributed by atoms with Crippen molar-refractivity contribution in [3.63, 3.8) is 0 Å². The van der Waals surface area contributed by atoms with E-state index in [0.717, 1.165) is 4.47 Å². The van der Waals surface area contributed by atoms with E-state index in [1.807, 2.05) is 6.07 Å². The minimum Gasteiger partial charge on any atom is -0.478 e. The van der Waals surface area contributed by atoms with Crippen molar-refractivity contribution in [2.75, 3.05) is 6.61 Å². The maximum Gasteiger partial charge on any atom is 0.174 e. The first-order valence-corrected chi connectivity index (χ1v) is 4.74. The quantitative estimate of drug-likeness (QED) is 0.779. The molecule has 0 N–H and O–H groups in total. The Hall–Kier alpha value is -1.34. The van der Waals surface area contributed by atoms with Gasteiger partial charge in [0.05, 0.1) is 5.56 Å². The number of nitrogens with zero attached hydrogens (tertiary/aromatic N) is 1. The van der Waals surface area contributed by atoms with Crippen molar-refractivity contribution in [2.45, 2.75) is 6.92 Å². The zero-order valence-electron chi connectivity index (χ0n) is 7.58. The molecule has 0 fully saturated rings. The van der Waals surface area contributed by atoms with E-state index in [4.69, 9.17) is 10.00 Å². The van der Waals surface area contributed by atoms with Gasteiger partial charge in [-0.1, -0.05) is 15.9 Å². The van der Waals surface area contributed by atoms with Gasteiger partial charge in [-0.2, -0.15) is 5.26 Å². The van der Waals surface area contributed by atoms with Crippen LogP contribution in [-0.4, -0.2) is 12.4 Å². The van der Waals surface area contributed by atoms with E-state index in [1.165, 1.54) is 6.92 Å². The molecule has 0 radical (unpaired) electrons. The van der Waals surface area contributed by atoms with Crippen LogP contribution in [0.5, 0.6) is 5.75 Å². The lowest BCUT2D eigenvalue weighted by Crippen LogP contribution is -2.01. The van der Waals surface area contributed by atoms with Crippen LogP contribution in [-0.2, 0) is 0 Å². The van der Waals surface area contributed by atoms with E-state index < -0.39 is 0 Å². The Morgan fingerprint density at radius 1 is 1.64 bits per heavy atom. The molecule has 3 nitrogen and oxygen atoms in total. The van der Waals surface area contributed by atoms with E-state index in [9.17, 15) is 4.79 Å². The van der Waals surface area contributed by atoms with Crippen molar-refractivity contribution in [3.05, 3.63) is 28.2 Å². The molecule has 0 aromatic heterocycles. The first kappa shape index (κ1) is 10.7. The number of halogens is 1. The average Bonchev–Trinajstić information content (AvgIpc) is 2.14. The molecule has 0 spiro atoms. The Morgan fingerprint density at radius 3 is 2.93 bits per heavy atom. The zero-order chi connectivity index (χ0) is 10.6. The van der Waals surface area contributed by atoms with Crippen molar-refractivity contribution in [2.24, 2.45) is 0 Å². The fourth-order valence-corrected chi connectivity index (χ4v) is 1.36. The summed E-state index contributed by atoms with van der Waals surface area (Å²) in [7, 11) is 0. The summed E-state index contributed by atoms with van der Waals surface area (Å²) < 4.78 is 5.93. The number of rotatable bonds is 3. The van der Waals surface area contributed by atoms with Gasteiger partial charge in [0.25, 0.3) is 0 Å². The van der Waals surface area contributed by atoms with E-state index in [0.29, 0.717) is 11.3 Å². The second kappa shape index (κ2) is 4.77. The fraction of sp³-hybridized carbons (Fsp3) is 0.200. The van der Waals surface area contributed by atoms with Gasteiger partial charge in [-0.3, -0.25) is 4.79 Å². The molecule has 0 saturated carbocycles. The van der Waals surface area contributed by atoms with Crippen LogP contribution < -0.4 is 4.74 Å². The van der Waals surface area contributed by atoms with Gasteiger partial charge in [0, 0.05) is 4.47 Å². The molecule has 14 heavy (non-hydrogen) atoms. The number of carbonyl (C=O) groups excluding carboxylic acids is 1. The number of hydrogen-bond donors (Lipinski definition) is 0. The second-order valence-electron chi connectivity index (χ2n) is 2.64. The molecule has 0 aliphatic rings. The van der Waals surface area contributed by atoms with Crippen LogP contribution in [0.1, 0.15) is 17.3 Å². The summed E-state index contributed by atoms with van der Waals surface area (Å²) in [5.41, 5.74) is 0.489. The smallest absolute Gasteiger partial charge is 0.174 e. The summed E-state index contributed by atoms with van der Waals surface area (Å²) in [6.45, 7) is 1.40. The van der Waals surface area contributed by atoms with E-state index >= 15 is 0 Å². The van der Waals surface area contributed by atoms with Gasteiger partial charge in [0.15, 0.2) is 12.4 Å². The predicted molar refractivity (Wildman–Crippen MR) is 55.3 cm³/mol. The van der Waals surface area contributed by atoms with Crippen LogP contribution in [0.3, 0.4) is 0 Å². The molecule has 0 saturated heterocycles. The minimum atomic E-state index is -0.0783. The van der Waals surface area contributed by atoms with Gasteiger partial charge in [-0.25, -0.2) is 0 Å². The molecule has 0 unspecified atom stereocenters. The van der Waals surface area contributed by atoms with Gasteiger partial charge in [-0.05, 0) is 25.1 Å². The number of ketones is 1. The van der Waals surface area contributed by atoms with Crippen LogP contribution in [0.2, 0.25) is 0 Å². The Bertz CT molecular complexity index is 396. The Labute approximate surface area is 90.4 Å². The molecule has 0 amide bonds. The first-order chi connectivity index (χ1) is 6.65. The van der Waals surface area contributed by atoms with E-state index in [2.05, 4.69) is 15.9 Å². The third kappa shape index (κ3) is 2.57. The zero-order valence-corrected chi connectivity index (χ0v) is 9.17. The molecule has 0 aliphatic heterocycles. The molecule has 1 aromatic rings. The minimum absolute atomic E-state index is 0.0588. The van der Waals surface area contributed by atoms with Crippen LogP contribution in [0, 0.1) is 11.3 Å². The number of hydrogen-bond acceptors (Lipinski definition) is 3. The van der Waals surface area contributed by atoms with Crippen molar-refractivity contribution < 1.29 is 9.53 Å². The highest BCUT2D eigenvalue weighted by molar-refractivity contribution is 9.10. The molecule has 0 atom stereocenters. The van der Waals surface area contributed by atoms with Crippen molar-refractivity contribution in [1.82, 2.24) is 0 Å². The number of Topliss-reactive ketones (excluding diaryl/α,β-unsaturated/α-hetero) is 1. The van der Waals surface area contributed by atoms with E-state index in [-0.39, 0.29) is 12.4 Å². The number of ether oxygens (including phenoxy) is 1. The summed E-state index contributed by atoms with van der Waals surface area (Å²) in [6.07, 6.45) is 0. The standard InChI is InChI=1S/C10H8BrNO2/c1-7(13)9-3-2-8(11)6-10(9)14-5-4-12/h2-3,6H,5H2,1H3. The third-order valence-corrected chi connectivity index (χ3v) is 2.11. The highest BCUT2D eigenvalue weighted by Gasteiger charge is 2.08. The van der Waals surface area contributed by atoms with Crippen molar-refractivity contribution >= 4 is 21.7 Å². The lowest BCUT2D eigenvalue weighted by molar-refractivity contribution is 0.101. The Kier molecular flexibility index (Phi) is 3.66. The highest BCUT2D eigenvalue weighted by atomic mass is 79.9. The maximum absolute atomic E-state index is 11.2. The predicted octanol–water partition coefficient (Wildman–Crippen LogP) is 2.55. The van der Waals surface area contributed by atoms with Crippen molar-refractivity contribution in [1.29, 1.82) is 5.26 Å². The van der Waals surface area contributed by atoms with Crippen LogP contribution in [0.25, 0.3) is 0 Å². The van der Waals surface area contributed by atoms with Gasteiger partial charge >= 0.3 is 0 Å². The largest absolute Gasteiger partial charge is 0.478 e. The molecular formula is C10H8BrNO2. The van der Waals surface area contributed by atoms with Crippen LogP contribution >= 0.6 is 15.9 Å². The third-order valence-electron chi connectivity index (χ3n) is 1.62. The Balaban J connectivity index is 3.04. The average molecular weight is 254 g/mol. The summed E-state index contributed by atoms with van der Waals surface area (Å²) in [6, 6.07) is 6.95. The molecule has 0 aliphatic carbocycles. The van der Waals surface area contributed by atoms with E-state index in [1.54, 1.807) is 18.2 Å². The SMILES string of the molecule is CC(=O)c1ccc(Br)cc1OCC#N.